The molecule has 0 heterocycles. The van der Waals surface area contributed by atoms with Crippen LogP contribution in [-0.2, 0) is 24.2 Å². The number of rotatable bonds is 12. The van der Waals surface area contributed by atoms with Crippen LogP contribution >= 0.6 is 0 Å². The lowest BCUT2D eigenvalue weighted by Gasteiger charge is -2.27. The summed E-state index contributed by atoms with van der Waals surface area (Å²) in [5.74, 6) is -3.27. The van der Waals surface area contributed by atoms with Gasteiger partial charge in [0.1, 0.15) is 0 Å². The first-order valence-corrected chi connectivity index (χ1v) is 9.80. The number of ketones is 1. The average Bonchev–Trinajstić information content (AvgIpc) is 2.51. The lowest BCUT2D eigenvalue weighted by molar-refractivity contribution is -0.134. The number of nitrogens with one attached hydrogen (secondary N) is 1. The van der Waals surface area contributed by atoms with Gasteiger partial charge in [-0.25, -0.2) is 8.42 Å². The Bertz CT molecular complexity index is 555. The minimum absolute atomic E-state index is 0.186. The normalized spacial score (nSPS) is 14.2. The molecule has 24 heavy (non-hydrogen) atoms. The molecule has 8 nitrogen and oxygen atoms in total. The van der Waals surface area contributed by atoms with Crippen LogP contribution in [0.3, 0.4) is 0 Å². The number of carbonyl (C=O) groups excluding carboxylic acids is 3. The third-order valence-corrected chi connectivity index (χ3v) is 6.30. The van der Waals surface area contributed by atoms with Crippen molar-refractivity contribution in [3.8, 4) is 0 Å². The van der Waals surface area contributed by atoms with Crippen molar-refractivity contribution in [1.82, 2.24) is 5.32 Å². The van der Waals surface area contributed by atoms with E-state index in [0.717, 1.165) is 0 Å². The molecule has 5 N–H and O–H groups in total. The largest absolute Gasteiger partial charge is 0.368 e. The Morgan fingerprint density at radius 1 is 1.08 bits per heavy atom. The van der Waals surface area contributed by atoms with Gasteiger partial charge in [0.25, 0.3) is 0 Å². The SMILES string of the molecule is CCCC(CCC)S(=O)(=O)CC(N)(C(N)=O)C(=O)CCC(=O)NC. The second kappa shape index (κ2) is 9.73. The Hall–Kier alpha value is -1.48. The molecule has 0 aromatic rings. The standard InChI is InChI=1S/C15H29N3O5S/c1-4-6-11(7-5-2)24(22,23)10-15(17,14(16)21)12(19)8-9-13(20)18-3/h11H,4-10,17H2,1-3H3,(H2,16,21)(H,18,20). The molecule has 0 saturated carbocycles. The molecule has 140 valence electrons. The van der Waals surface area contributed by atoms with Crippen molar-refractivity contribution in [2.45, 2.75) is 63.2 Å². The highest BCUT2D eigenvalue weighted by molar-refractivity contribution is 7.92. The fourth-order valence-electron chi connectivity index (χ4n) is 2.45. The van der Waals surface area contributed by atoms with Gasteiger partial charge in [0.05, 0.1) is 11.0 Å². The van der Waals surface area contributed by atoms with Crippen LogP contribution in [0, 0.1) is 0 Å². The molecule has 0 aromatic heterocycles. The highest BCUT2D eigenvalue weighted by Crippen LogP contribution is 2.20. The Balaban J connectivity index is 5.39. The van der Waals surface area contributed by atoms with E-state index in [2.05, 4.69) is 5.32 Å². The van der Waals surface area contributed by atoms with Crippen molar-refractivity contribution in [2.24, 2.45) is 11.5 Å². The van der Waals surface area contributed by atoms with Gasteiger partial charge >= 0.3 is 0 Å². The van der Waals surface area contributed by atoms with Gasteiger partial charge < -0.3 is 16.8 Å². The molecule has 1 unspecified atom stereocenters. The van der Waals surface area contributed by atoms with Crippen LogP contribution in [-0.4, -0.2) is 49.6 Å². The third kappa shape index (κ3) is 6.20. The minimum Gasteiger partial charge on any atom is -0.368 e. The fourth-order valence-corrected chi connectivity index (χ4v) is 4.81. The van der Waals surface area contributed by atoms with Crippen LogP contribution in [0.1, 0.15) is 52.4 Å². The number of sulfone groups is 1. The number of primary amides is 1. The van der Waals surface area contributed by atoms with Gasteiger partial charge in [0.15, 0.2) is 21.2 Å². The molecule has 0 aliphatic rings. The van der Waals surface area contributed by atoms with Gasteiger partial charge in [-0.2, -0.15) is 0 Å². The topological polar surface area (TPSA) is 149 Å². The second-order valence-corrected chi connectivity index (χ2v) is 8.22. The lowest BCUT2D eigenvalue weighted by atomic mass is 9.93. The van der Waals surface area contributed by atoms with Gasteiger partial charge in [-0.15, -0.1) is 0 Å². The van der Waals surface area contributed by atoms with Gasteiger partial charge in [0, 0.05) is 19.9 Å². The van der Waals surface area contributed by atoms with E-state index >= 15 is 0 Å². The molecule has 0 saturated heterocycles. The minimum atomic E-state index is -3.79. The summed E-state index contributed by atoms with van der Waals surface area (Å²) in [4.78, 5) is 35.2. The number of hydrogen-bond donors (Lipinski definition) is 3. The van der Waals surface area contributed by atoms with Crippen LogP contribution in [0.25, 0.3) is 0 Å². The molecule has 0 bridgehead atoms. The molecule has 0 spiro atoms. The Labute approximate surface area is 143 Å². The van der Waals surface area contributed by atoms with E-state index in [1.54, 1.807) is 0 Å². The molecule has 1 atom stereocenters. The molecule has 9 heteroatoms. The predicted molar refractivity (Wildman–Crippen MR) is 91.8 cm³/mol. The van der Waals surface area contributed by atoms with E-state index in [4.69, 9.17) is 11.5 Å². The first-order valence-electron chi connectivity index (χ1n) is 8.09. The fraction of sp³-hybridized carbons (Fsp3) is 0.800. The number of hydrogen-bond acceptors (Lipinski definition) is 6. The van der Waals surface area contributed by atoms with Gasteiger partial charge in [-0.3, -0.25) is 14.4 Å². The summed E-state index contributed by atoms with van der Waals surface area (Å²) in [6.45, 7) is 3.72. The molecule has 0 rings (SSSR count). The summed E-state index contributed by atoms with van der Waals surface area (Å²) in [5, 5.41) is 1.67. The van der Waals surface area contributed by atoms with Crippen molar-refractivity contribution in [2.75, 3.05) is 12.8 Å². The van der Waals surface area contributed by atoms with Crippen molar-refractivity contribution < 1.29 is 22.8 Å². The number of nitrogens with two attached hydrogens (primary N) is 2. The maximum atomic E-state index is 12.6. The van der Waals surface area contributed by atoms with Gasteiger partial charge in [-0.05, 0) is 12.8 Å². The van der Waals surface area contributed by atoms with Crippen molar-refractivity contribution in [1.29, 1.82) is 0 Å². The van der Waals surface area contributed by atoms with Crippen LogP contribution in [0.4, 0.5) is 0 Å². The van der Waals surface area contributed by atoms with Gasteiger partial charge in [-0.1, -0.05) is 26.7 Å². The summed E-state index contributed by atoms with van der Waals surface area (Å²) in [6.07, 6.45) is 1.63. The molecule has 0 aromatic carbocycles. The summed E-state index contributed by atoms with van der Waals surface area (Å²) in [6, 6.07) is 0. The van der Waals surface area contributed by atoms with E-state index in [1.807, 2.05) is 13.8 Å². The van der Waals surface area contributed by atoms with Crippen molar-refractivity contribution >= 4 is 27.4 Å². The van der Waals surface area contributed by atoms with E-state index in [-0.39, 0.29) is 12.8 Å². The monoisotopic (exact) mass is 363 g/mol. The summed E-state index contributed by atoms with van der Waals surface area (Å²) in [5.41, 5.74) is 8.70. The number of Topliss-reactive ketones (excluding diaryl/α,β-unsaturated/α-hetero) is 1. The number of carbonyl (C=O) groups is 3. The zero-order valence-electron chi connectivity index (χ0n) is 14.6. The first kappa shape index (κ1) is 22.5. The average molecular weight is 363 g/mol. The lowest BCUT2D eigenvalue weighted by Crippen LogP contribution is -2.63. The van der Waals surface area contributed by atoms with E-state index < -0.39 is 44.0 Å². The van der Waals surface area contributed by atoms with Crippen molar-refractivity contribution in [3.05, 3.63) is 0 Å². The Kier molecular flexibility index (Phi) is 9.13. The zero-order chi connectivity index (χ0) is 19.0. The molecule has 0 aliphatic heterocycles. The quantitative estimate of drug-likeness (QED) is 0.403. The second-order valence-electron chi connectivity index (χ2n) is 5.94. The Morgan fingerprint density at radius 2 is 1.58 bits per heavy atom. The molecular formula is C15H29N3O5S. The predicted octanol–water partition coefficient (Wildman–Crippen LogP) is -0.352. The van der Waals surface area contributed by atoms with E-state index in [1.165, 1.54) is 7.05 Å². The van der Waals surface area contributed by atoms with Gasteiger partial charge in [0.2, 0.25) is 11.8 Å². The molecular weight excluding hydrogens is 334 g/mol. The maximum Gasteiger partial charge on any atom is 0.246 e. The van der Waals surface area contributed by atoms with E-state index in [9.17, 15) is 22.8 Å². The molecule has 0 radical (unpaired) electrons. The Morgan fingerprint density at radius 3 is 1.96 bits per heavy atom. The smallest absolute Gasteiger partial charge is 0.246 e. The summed E-state index contributed by atoms with van der Waals surface area (Å²) in [7, 11) is -2.38. The highest BCUT2D eigenvalue weighted by atomic mass is 32.2. The summed E-state index contributed by atoms with van der Waals surface area (Å²) < 4.78 is 25.2. The molecule has 0 fully saturated rings. The first-order chi connectivity index (χ1) is 11.0. The third-order valence-electron chi connectivity index (χ3n) is 3.95. The van der Waals surface area contributed by atoms with Crippen LogP contribution in [0.2, 0.25) is 0 Å². The number of amides is 2. The van der Waals surface area contributed by atoms with E-state index in [0.29, 0.717) is 25.7 Å². The zero-order valence-corrected chi connectivity index (χ0v) is 15.4. The molecule has 0 aliphatic carbocycles. The van der Waals surface area contributed by atoms with Crippen LogP contribution in [0.5, 0.6) is 0 Å². The van der Waals surface area contributed by atoms with Crippen LogP contribution < -0.4 is 16.8 Å². The van der Waals surface area contributed by atoms with Crippen molar-refractivity contribution in [3.63, 3.8) is 0 Å². The summed E-state index contributed by atoms with van der Waals surface area (Å²) >= 11 is 0. The van der Waals surface area contributed by atoms with Crippen LogP contribution in [0.15, 0.2) is 0 Å². The highest BCUT2D eigenvalue weighted by Gasteiger charge is 2.45. The maximum absolute atomic E-state index is 12.6. The molecule has 2 amide bonds.